The highest BCUT2D eigenvalue weighted by Crippen LogP contribution is 2.26. The molecule has 0 spiro atoms. The summed E-state index contributed by atoms with van der Waals surface area (Å²) in [4.78, 5) is 39.7. The van der Waals surface area contributed by atoms with Crippen LogP contribution in [0.25, 0.3) is 0 Å². The first-order chi connectivity index (χ1) is 12.8. The number of nitrogens with zero attached hydrogens (tertiary/aromatic N) is 2. The van der Waals surface area contributed by atoms with E-state index >= 15 is 0 Å². The van der Waals surface area contributed by atoms with Gasteiger partial charge in [-0.05, 0) is 43.9 Å². The van der Waals surface area contributed by atoms with Crippen LogP contribution in [0.5, 0.6) is 0 Å². The highest BCUT2D eigenvalue weighted by Gasteiger charge is 2.33. The van der Waals surface area contributed by atoms with Gasteiger partial charge in [0.1, 0.15) is 0 Å². The second kappa shape index (κ2) is 7.50. The van der Waals surface area contributed by atoms with Crippen molar-refractivity contribution in [2.24, 2.45) is 0 Å². The number of carbonyl (C=O) groups is 3. The number of nitrogens with one attached hydrogen (secondary N) is 1. The van der Waals surface area contributed by atoms with Crippen LogP contribution < -0.4 is 5.32 Å². The molecule has 0 aromatic heterocycles. The molecule has 27 heavy (non-hydrogen) atoms. The van der Waals surface area contributed by atoms with Gasteiger partial charge in [0.15, 0.2) is 0 Å². The third-order valence-electron chi connectivity index (χ3n) is 4.70. The van der Waals surface area contributed by atoms with Gasteiger partial charge in [-0.15, -0.1) is 0 Å². The zero-order chi connectivity index (χ0) is 19.7. The Morgan fingerprint density at radius 1 is 1.11 bits per heavy atom. The van der Waals surface area contributed by atoms with Gasteiger partial charge in [-0.1, -0.05) is 29.8 Å². The summed E-state index contributed by atoms with van der Waals surface area (Å²) >= 11 is 6.29. The summed E-state index contributed by atoms with van der Waals surface area (Å²) in [6.07, 6.45) is 0. The van der Waals surface area contributed by atoms with Gasteiger partial charge in [-0.3, -0.25) is 19.3 Å². The zero-order valence-electron chi connectivity index (χ0n) is 15.3. The van der Waals surface area contributed by atoms with Gasteiger partial charge < -0.3 is 10.2 Å². The molecule has 0 saturated carbocycles. The van der Waals surface area contributed by atoms with Crippen LogP contribution in [0, 0.1) is 0 Å². The van der Waals surface area contributed by atoms with Gasteiger partial charge in [0.2, 0.25) is 0 Å². The van der Waals surface area contributed by atoms with E-state index in [0.717, 1.165) is 10.5 Å². The second-order valence-electron chi connectivity index (χ2n) is 6.64. The molecule has 1 aliphatic heterocycles. The third kappa shape index (κ3) is 3.59. The fourth-order valence-electron chi connectivity index (χ4n) is 3.11. The average molecular weight is 386 g/mol. The van der Waals surface area contributed by atoms with E-state index in [9.17, 15) is 14.4 Å². The van der Waals surface area contributed by atoms with Crippen LogP contribution in [0.15, 0.2) is 42.5 Å². The summed E-state index contributed by atoms with van der Waals surface area (Å²) in [6, 6.07) is 11.9. The number of carbonyl (C=O) groups excluding carboxylic acids is 3. The smallest absolute Gasteiger partial charge is 0.261 e. The monoisotopic (exact) mass is 385 g/mol. The largest absolute Gasteiger partial charge is 0.350 e. The summed E-state index contributed by atoms with van der Waals surface area (Å²) in [5.74, 6) is -1.06. The van der Waals surface area contributed by atoms with Crippen molar-refractivity contribution in [3.63, 3.8) is 0 Å². The van der Waals surface area contributed by atoms with E-state index < -0.39 is 5.91 Å². The van der Waals surface area contributed by atoms with E-state index in [1.165, 1.54) is 19.2 Å². The lowest BCUT2D eigenvalue weighted by Gasteiger charge is -2.26. The van der Waals surface area contributed by atoms with Crippen LogP contribution in [-0.2, 0) is 0 Å². The summed E-state index contributed by atoms with van der Waals surface area (Å²) in [6.45, 7) is 0.347. The van der Waals surface area contributed by atoms with Crippen molar-refractivity contribution in [3.05, 3.63) is 69.7 Å². The molecule has 0 aliphatic carbocycles. The van der Waals surface area contributed by atoms with Crippen molar-refractivity contribution in [1.29, 1.82) is 0 Å². The van der Waals surface area contributed by atoms with E-state index in [1.807, 2.05) is 43.3 Å². The molecule has 0 fully saturated rings. The molecule has 6 nitrogen and oxygen atoms in total. The van der Waals surface area contributed by atoms with Gasteiger partial charge in [-0.25, -0.2) is 0 Å². The molecular weight excluding hydrogens is 366 g/mol. The predicted octanol–water partition coefficient (Wildman–Crippen LogP) is 2.60. The van der Waals surface area contributed by atoms with Crippen molar-refractivity contribution in [1.82, 2.24) is 15.1 Å². The van der Waals surface area contributed by atoms with Crippen LogP contribution >= 0.6 is 11.6 Å². The normalized spacial score (nSPS) is 14.5. The maximum Gasteiger partial charge on any atom is 0.261 e. The minimum Gasteiger partial charge on any atom is -0.350 e. The number of hydrogen-bond donors (Lipinski definition) is 1. The van der Waals surface area contributed by atoms with E-state index in [4.69, 9.17) is 11.6 Å². The molecule has 3 rings (SSSR count). The molecule has 1 N–H and O–H groups in total. The molecule has 0 bridgehead atoms. The maximum absolute atomic E-state index is 12.6. The van der Waals surface area contributed by atoms with Crippen LogP contribution in [-0.4, -0.2) is 55.2 Å². The number of rotatable bonds is 5. The minimum atomic E-state index is -0.396. The lowest BCUT2D eigenvalue weighted by molar-refractivity contribution is 0.0693. The van der Waals surface area contributed by atoms with Gasteiger partial charge in [0, 0.05) is 24.2 Å². The fraction of sp³-hybridized carbons (Fsp3) is 0.250. The second-order valence-corrected chi connectivity index (χ2v) is 7.05. The van der Waals surface area contributed by atoms with Gasteiger partial charge in [0.05, 0.1) is 17.2 Å². The van der Waals surface area contributed by atoms with Crippen molar-refractivity contribution >= 4 is 29.3 Å². The number of amides is 3. The first-order valence-electron chi connectivity index (χ1n) is 8.46. The Morgan fingerprint density at radius 2 is 1.78 bits per heavy atom. The molecule has 1 atom stereocenters. The van der Waals surface area contributed by atoms with Crippen LogP contribution in [0.1, 0.15) is 42.7 Å². The van der Waals surface area contributed by atoms with Crippen molar-refractivity contribution in [3.8, 4) is 0 Å². The summed E-state index contributed by atoms with van der Waals surface area (Å²) < 4.78 is 0. The third-order valence-corrected chi connectivity index (χ3v) is 5.04. The number of hydrogen-bond acceptors (Lipinski definition) is 4. The molecule has 0 saturated heterocycles. The average Bonchev–Trinajstić information content (AvgIpc) is 2.87. The molecule has 0 radical (unpaired) electrons. The van der Waals surface area contributed by atoms with Gasteiger partial charge in [0.25, 0.3) is 17.7 Å². The van der Waals surface area contributed by atoms with Crippen LogP contribution in [0.3, 0.4) is 0 Å². The molecule has 2 aromatic rings. The standard InChI is InChI=1S/C20H20ClN3O3/c1-23(2)17(14-6-4-5-7-16(14)21)11-22-18(25)12-8-9-13-15(10-12)20(27)24(3)19(13)26/h4-10,17H,11H2,1-3H3,(H,22,25). The quantitative estimate of drug-likeness (QED) is 0.803. The predicted molar refractivity (Wildman–Crippen MR) is 103 cm³/mol. The number of benzene rings is 2. The molecular formula is C20H20ClN3O3. The number of likely N-dealkylation sites (N-methyl/N-ethyl adjacent to an activating group) is 1. The molecule has 1 aliphatic rings. The molecule has 140 valence electrons. The number of fused-ring (bicyclic) bond motifs is 1. The fourth-order valence-corrected chi connectivity index (χ4v) is 3.37. The topological polar surface area (TPSA) is 69.7 Å². The first kappa shape index (κ1) is 19.1. The van der Waals surface area contributed by atoms with Crippen molar-refractivity contribution in [2.45, 2.75) is 6.04 Å². The summed E-state index contributed by atoms with van der Waals surface area (Å²) in [7, 11) is 5.25. The number of imide groups is 1. The van der Waals surface area contributed by atoms with Gasteiger partial charge in [-0.2, -0.15) is 0 Å². The van der Waals surface area contributed by atoms with Gasteiger partial charge >= 0.3 is 0 Å². The van der Waals surface area contributed by atoms with E-state index in [2.05, 4.69) is 5.32 Å². The SMILES string of the molecule is CN1C(=O)c2ccc(C(=O)NCC(c3ccccc3Cl)N(C)C)cc2C1=O. The Morgan fingerprint density at radius 3 is 2.44 bits per heavy atom. The molecule has 2 aromatic carbocycles. The molecule has 3 amide bonds. The first-order valence-corrected chi connectivity index (χ1v) is 8.84. The Balaban J connectivity index is 1.77. The Hall–Kier alpha value is -2.70. The molecule has 7 heteroatoms. The van der Waals surface area contributed by atoms with E-state index in [-0.39, 0.29) is 23.4 Å². The maximum atomic E-state index is 12.6. The molecule has 1 heterocycles. The lowest BCUT2D eigenvalue weighted by atomic mass is 10.0. The minimum absolute atomic E-state index is 0.105. The Bertz CT molecular complexity index is 926. The zero-order valence-corrected chi connectivity index (χ0v) is 16.1. The highest BCUT2D eigenvalue weighted by molar-refractivity contribution is 6.31. The van der Waals surface area contributed by atoms with Crippen molar-refractivity contribution in [2.75, 3.05) is 27.7 Å². The Kier molecular flexibility index (Phi) is 5.30. The number of halogens is 1. The van der Waals surface area contributed by atoms with Crippen molar-refractivity contribution < 1.29 is 14.4 Å². The highest BCUT2D eigenvalue weighted by atomic mass is 35.5. The molecule has 1 unspecified atom stereocenters. The van der Waals surface area contributed by atoms with Crippen LogP contribution in [0.4, 0.5) is 0 Å². The van der Waals surface area contributed by atoms with Crippen LogP contribution in [0.2, 0.25) is 5.02 Å². The van der Waals surface area contributed by atoms with E-state index in [0.29, 0.717) is 22.7 Å². The lowest BCUT2D eigenvalue weighted by Crippen LogP contribution is -2.34. The summed E-state index contributed by atoms with van der Waals surface area (Å²) in [5.41, 5.74) is 1.83. The Labute approximate surface area is 162 Å². The summed E-state index contributed by atoms with van der Waals surface area (Å²) in [5, 5.41) is 3.52. The van der Waals surface area contributed by atoms with E-state index in [1.54, 1.807) is 6.07 Å².